The largest absolute Gasteiger partial charge is 1.00 e. The highest BCUT2D eigenvalue weighted by Crippen LogP contribution is 2.14. The molecule has 0 aliphatic heterocycles. The molecule has 1 aromatic carbocycles. The lowest BCUT2D eigenvalue weighted by molar-refractivity contribution is -0.00000246. The fourth-order valence-corrected chi connectivity index (χ4v) is 0.875. The monoisotopic (exact) mass is 251 g/mol. The Morgan fingerprint density at radius 1 is 0.917 bits per heavy atom. The second-order valence-electron chi connectivity index (χ2n) is 3.35. The standard InChI is InChI=1S/C9H14N.BrH.ClH/c1-10(2,3)9-7-5-4-6-8-9;;/h4-8H,1-3H3;2*1H/q+1;;/p-1. The quantitative estimate of drug-likeness (QED) is 0.590. The van der Waals surface area contributed by atoms with Crippen molar-refractivity contribution in [3.8, 4) is 0 Å². The number of para-hydroxylation sites is 1. The summed E-state index contributed by atoms with van der Waals surface area (Å²) in [7, 11) is 6.49. The first kappa shape index (κ1) is 14.5. The van der Waals surface area contributed by atoms with Gasteiger partial charge in [-0.15, -0.1) is 17.0 Å². The van der Waals surface area contributed by atoms with Crippen LogP contribution in [0.5, 0.6) is 0 Å². The van der Waals surface area contributed by atoms with Crippen LogP contribution < -0.4 is 16.9 Å². The summed E-state index contributed by atoms with van der Waals surface area (Å²) in [6.07, 6.45) is 0. The van der Waals surface area contributed by atoms with Gasteiger partial charge in [0.2, 0.25) is 0 Å². The summed E-state index contributed by atoms with van der Waals surface area (Å²) in [4.78, 5) is 0. The molecule has 0 unspecified atom stereocenters. The summed E-state index contributed by atoms with van der Waals surface area (Å²) >= 11 is 0. The zero-order chi connectivity index (χ0) is 7.61. The SMILES string of the molecule is Br.C[N+](C)(C)c1ccccc1.[Cl-]. The van der Waals surface area contributed by atoms with E-state index in [0.29, 0.717) is 0 Å². The molecule has 0 atom stereocenters. The van der Waals surface area contributed by atoms with Crippen molar-refractivity contribution in [1.29, 1.82) is 0 Å². The average Bonchev–Trinajstić information content (AvgIpc) is 1.88. The molecule has 0 aliphatic rings. The molecular weight excluding hydrogens is 237 g/mol. The topological polar surface area (TPSA) is 0 Å². The number of benzene rings is 1. The van der Waals surface area contributed by atoms with Crippen molar-refractivity contribution in [2.24, 2.45) is 0 Å². The molecule has 1 nitrogen and oxygen atoms in total. The zero-order valence-electron chi connectivity index (χ0n) is 7.62. The Morgan fingerprint density at radius 2 is 1.33 bits per heavy atom. The molecule has 0 N–H and O–H groups in total. The highest BCUT2D eigenvalue weighted by Gasteiger charge is 2.08. The molecule has 0 aromatic heterocycles. The van der Waals surface area contributed by atoms with Crippen molar-refractivity contribution < 1.29 is 12.4 Å². The van der Waals surface area contributed by atoms with Crippen LogP contribution >= 0.6 is 17.0 Å². The second kappa shape index (κ2) is 5.57. The molecule has 0 fully saturated rings. The molecule has 1 aromatic rings. The predicted octanol–water partition coefficient (Wildman–Crippen LogP) is -0.535. The van der Waals surface area contributed by atoms with E-state index >= 15 is 0 Å². The fourth-order valence-electron chi connectivity index (χ4n) is 0.875. The number of halogens is 2. The maximum Gasteiger partial charge on any atom is 0.132 e. The molecule has 70 valence electrons. The van der Waals surface area contributed by atoms with E-state index in [1.807, 2.05) is 6.07 Å². The molecule has 3 heteroatoms. The summed E-state index contributed by atoms with van der Waals surface area (Å²) in [5, 5.41) is 0. The molecule has 0 bridgehead atoms. The van der Waals surface area contributed by atoms with Crippen LogP contribution in [0.3, 0.4) is 0 Å². The summed E-state index contributed by atoms with van der Waals surface area (Å²) in [6, 6.07) is 10.5. The van der Waals surface area contributed by atoms with Crippen LogP contribution in [-0.2, 0) is 0 Å². The Hall–Kier alpha value is -0.0500. The van der Waals surface area contributed by atoms with Crippen molar-refractivity contribution in [2.45, 2.75) is 0 Å². The van der Waals surface area contributed by atoms with Crippen LogP contribution in [0.1, 0.15) is 0 Å². The Bertz CT molecular complexity index is 206. The highest BCUT2D eigenvalue weighted by atomic mass is 79.9. The van der Waals surface area contributed by atoms with Gasteiger partial charge in [0.25, 0.3) is 0 Å². The van der Waals surface area contributed by atoms with E-state index < -0.39 is 0 Å². The van der Waals surface area contributed by atoms with Crippen LogP contribution in [-0.4, -0.2) is 21.1 Å². The number of quaternary nitrogens is 1. The van der Waals surface area contributed by atoms with E-state index in [1.54, 1.807) is 0 Å². The maximum atomic E-state index is 2.16. The average molecular weight is 253 g/mol. The minimum absolute atomic E-state index is 0. The zero-order valence-corrected chi connectivity index (χ0v) is 10.1. The highest BCUT2D eigenvalue weighted by molar-refractivity contribution is 8.93. The first-order valence-electron chi connectivity index (χ1n) is 3.48. The minimum Gasteiger partial charge on any atom is -1.00 e. The molecule has 0 aliphatic carbocycles. The molecule has 0 amide bonds. The fraction of sp³-hybridized carbons (Fsp3) is 0.333. The number of rotatable bonds is 1. The van der Waals surface area contributed by atoms with E-state index in [0.717, 1.165) is 4.48 Å². The Balaban J connectivity index is 0. The van der Waals surface area contributed by atoms with Crippen LogP contribution in [0.15, 0.2) is 30.3 Å². The first-order chi connectivity index (χ1) is 4.61. The lowest BCUT2D eigenvalue weighted by atomic mass is 10.3. The summed E-state index contributed by atoms with van der Waals surface area (Å²) in [6.45, 7) is 0. The van der Waals surface area contributed by atoms with Crippen molar-refractivity contribution in [3.63, 3.8) is 0 Å². The van der Waals surface area contributed by atoms with Crippen molar-refractivity contribution in [2.75, 3.05) is 21.1 Å². The Morgan fingerprint density at radius 3 is 1.58 bits per heavy atom. The third-order valence-corrected chi connectivity index (χ3v) is 1.53. The number of nitrogens with zero attached hydrogens (tertiary/aromatic N) is 1. The van der Waals surface area contributed by atoms with Gasteiger partial charge in [0.05, 0.1) is 21.1 Å². The lowest BCUT2D eigenvalue weighted by Gasteiger charge is -2.22. The molecular formula is C9H15BrClN. The first-order valence-corrected chi connectivity index (χ1v) is 3.48. The van der Waals surface area contributed by atoms with Gasteiger partial charge in [-0.1, -0.05) is 18.2 Å². The van der Waals surface area contributed by atoms with Gasteiger partial charge in [-0.25, -0.2) is 0 Å². The summed E-state index contributed by atoms with van der Waals surface area (Å²) in [5.74, 6) is 0. The third kappa shape index (κ3) is 4.10. The molecule has 1 rings (SSSR count). The van der Waals surface area contributed by atoms with Crippen molar-refractivity contribution in [1.82, 2.24) is 4.48 Å². The van der Waals surface area contributed by atoms with Gasteiger partial charge in [-0.2, -0.15) is 0 Å². The van der Waals surface area contributed by atoms with Crippen molar-refractivity contribution >= 4 is 22.7 Å². The minimum atomic E-state index is 0. The van der Waals surface area contributed by atoms with Gasteiger partial charge in [-0.3, -0.25) is 4.48 Å². The van der Waals surface area contributed by atoms with E-state index in [4.69, 9.17) is 0 Å². The van der Waals surface area contributed by atoms with E-state index in [9.17, 15) is 0 Å². The molecule has 0 saturated carbocycles. The predicted molar refractivity (Wildman–Crippen MR) is 56.3 cm³/mol. The Labute approximate surface area is 91.2 Å². The van der Waals surface area contributed by atoms with Gasteiger partial charge >= 0.3 is 0 Å². The molecule has 0 saturated heterocycles. The van der Waals surface area contributed by atoms with E-state index in [-0.39, 0.29) is 29.4 Å². The smallest absolute Gasteiger partial charge is 0.132 e. The van der Waals surface area contributed by atoms with Gasteiger partial charge in [0.15, 0.2) is 0 Å². The number of hydrogen-bond acceptors (Lipinski definition) is 0. The van der Waals surface area contributed by atoms with E-state index in [1.165, 1.54) is 5.69 Å². The van der Waals surface area contributed by atoms with Gasteiger partial charge in [-0.05, 0) is 12.1 Å². The van der Waals surface area contributed by atoms with Gasteiger partial charge in [0, 0.05) is 0 Å². The van der Waals surface area contributed by atoms with Crippen molar-refractivity contribution in [3.05, 3.63) is 30.3 Å². The van der Waals surface area contributed by atoms with Crippen LogP contribution in [0.4, 0.5) is 5.69 Å². The summed E-state index contributed by atoms with van der Waals surface area (Å²) in [5.41, 5.74) is 1.34. The summed E-state index contributed by atoms with van der Waals surface area (Å²) < 4.78 is 0.890. The normalized spacial score (nSPS) is 9.58. The maximum absolute atomic E-state index is 2.16. The molecule has 0 spiro atoms. The molecule has 0 radical (unpaired) electrons. The van der Waals surface area contributed by atoms with Gasteiger partial charge in [0.1, 0.15) is 5.69 Å². The van der Waals surface area contributed by atoms with Crippen LogP contribution in [0, 0.1) is 0 Å². The molecule has 0 heterocycles. The van der Waals surface area contributed by atoms with Crippen LogP contribution in [0.2, 0.25) is 0 Å². The second-order valence-corrected chi connectivity index (χ2v) is 3.35. The van der Waals surface area contributed by atoms with Gasteiger partial charge < -0.3 is 12.4 Å². The number of hydrogen-bond donors (Lipinski definition) is 0. The Kier molecular flexibility index (Phi) is 6.72. The lowest BCUT2D eigenvalue weighted by Crippen LogP contribution is -3.00. The molecule has 12 heavy (non-hydrogen) atoms. The van der Waals surface area contributed by atoms with Crippen LogP contribution in [0.25, 0.3) is 0 Å². The third-order valence-electron chi connectivity index (χ3n) is 1.53. The van der Waals surface area contributed by atoms with E-state index in [2.05, 4.69) is 45.4 Å².